The lowest BCUT2D eigenvalue weighted by Gasteiger charge is -2.17. The summed E-state index contributed by atoms with van der Waals surface area (Å²) in [6.45, 7) is 2.02. The van der Waals surface area contributed by atoms with Crippen molar-refractivity contribution in [1.82, 2.24) is 5.32 Å². The standard InChI is InChI=1S/C19H19Cl2N3O2/c20-16-8-3-13(11-17(16)21)19(26)22-12-18(25)23-14-4-6-15(7-5-14)24-9-1-2-10-24/h3-8,11H,1-2,9-10,12H2,(H,22,26)(H,23,25). The number of amides is 2. The molecule has 0 bridgehead atoms. The molecule has 26 heavy (non-hydrogen) atoms. The smallest absolute Gasteiger partial charge is 0.251 e. The molecule has 0 aliphatic carbocycles. The number of nitrogens with zero attached hydrogens (tertiary/aromatic N) is 1. The Morgan fingerprint density at radius 3 is 2.31 bits per heavy atom. The summed E-state index contributed by atoms with van der Waals surface area (Å²) in [5.41, 5.74) is 2.21. The Bertz CT molecular complexity index is 803. The lowest BCUT2D eigenvalue weighted by molar-refractivity contribution is -0.115. The summed E-state index contributed by atoms with van der Waals surface area (Å²) in [4.78, 5) is 26.4. The van der Waals surface area contributed by atoms with Crippen molar-refractivity contribution in [3.63, 3.8) is 0 Å². The van der Waals surface area contributed by atoms with Gasteiger partial charge in [-0.25, -0.2) is 0 Å². The summed E-state index contributed by atoms with van der Waals surface area (Å²) in [7, 11) is 0. The van der Waals surface area contributed by atoms with Gasteiger partial charge < -0.3 is 15.5 Å². The van der Waals surface area contributed by atoms with Gasteiger partial charge in [-0.3, -0.25) is 9.59 Å². The van der Waals surface area contributed by atoms with Crippen LogP contribution >= 0.6 is 23.2 Å². The molecule has 3 rings (SSSR count). The molecule has 2 aromatic carbocycles. The van der Waals surface area contributed by atoms with Crippen molar-refractivity contribution in [3.05, 3.63) is 58.1 Å². The van der Waals surface area contributed by atoms with Crippen LogP contribution in [0.3, 0.4) is 0 Å². The van der Waals surface area contributed by atoms with E-state index in [2.05, 4.69) is 15.5 Å². The van der Waals surface area contributed by atoms with Gasteiger partial charge in [0.2, 0.25) is 5.91 Å². The molecule has 7 heteroatoms. The van der Waals surface area contributed by atoms with Crippen LogP contribution in [0, 0.1) is 0 Å². The highest BCUT2D eigenvalue weighted by Crippen LogP contribution is 2.23. The quantitative estimate of drug-likeness (QED) is 0.810. The molecule has 2 amide bonds. The molecule has 1 saturated heterocycles. The largest absolute Gasteiger partial charge is 0.372 e. The minimum atomic E-state index is -0.386. The van der Waals surface area contributed by atoms with Gasteiger partial charge >= 0.3 is 0 Å². The Kier molecular flexibility index (Phi) is 6.01. The van der Waals surface area contributed by atoms with Gasteiger partial charge in [0.05, 0.1) is 16.6 Å². The van der Waals surface area contributed by atoms with Crippen LogP contribution in [0.2, 0.25) is 10.0 Å². The van der Waals surface area contributed by atoms with Gasteiger partial charge in [-0.1, -0.05) is 23.2 Å². The van der Waals surface area contributed by atoms with Gasteiger partial charge in [-0.2, -0.15) is 0 Å². The Morgan fingerprint density at radius 1 is 0.962 bits per heavy atom. The summed E-state index contributed by atoms with van der Waals surface area (Å²) >= 11 is 11.7. The van der Waals surface area contributed by atoms with Crippen LogP contribution in [0.15, 0.2) is 42.5 Å². The van der Waals surface area contributed by atoms with Crippen LogP contribution in [0.1, 0.15) is 23.2 Å². The summed E-state index contributed by atoms with van der Waals surface area (Å²) in [6, 6.07) is 12.3. The molecule has 2 N–H and O–H groups in total. The van der Waals surface area contributed by atoms with E-state index in [9.17, 15) is 9.59 Å². The number of hydrogen-bond acceptors (Lipinski definition) is 3. The minimum Gasteiger partial charge on any atom is -0.372 e. The van der Waals surface area contributed by atoms with Crippen LogP contribution in [0.5, 0.6) is 0 Å². The second-order valence-electron chi connectivity index (χ2n) is 6.10. The second kappa shape index (κ2) is 8.43. The zero-order valence-corrected chi connectivity index (χ0v) is 15.6. The average molecular weight is 392 g/mol. The van der Waals surface area contributed by atoms with Gasteiger partial charge in [0.15, 0.2) is 0 Å². The third-order valence-electron chi connectivity index (χ3n) is 4.21. The van der Waals surface area contributed by atoms with Crippen LogP contribution in [0.25, 0.3) is 0 Å². The van der Waals surface area contributed by atoms with Gasteiger partial charge in [0.1, 0.15) is 0 Å². The van der Waals surface area contributed by atoms with E-state index in [0.717, 1.165) is 18.8 Å². The normalized spacial score (nSPS) is 13.5. The van der Waals surface area contributed by atoms with Crippen molar-refractivity contribution < 1.29 is 9.59 Å². The summed E-state index contributed by atoms with van der Waals surface area (Å²) in [5.74, 6) is -0.685. The molecule has 0 aromatic heterocycles. The highest BCUT2D eigenvalue weighted by molar-refractivity contribution is 6.42. The fourth-order valence-corrected chi connectivity index (χ4v) is 3.13. The molecule has 1 heterocycles. The van der Waals surface area contributed by atoms with Crippen LogP contribution in [-0.2, 0) is 4.79 Å². The number of carbonyl (C=O) groups is 2. The first-order valence-corrected chi connectivity index (χ1v) is 9.16. The highest BCUT2D eigenvalue weighted by atomic mass is 35.5. The first-order chi connectivity index (χ1) is 12.5. The Hall–Kier alpha value is -2.24. The topological polar surface area (TPSA) is 61.4 Å². The van der Waals surface area contributed by atoms with E-state index in [-0.39, 0.29) is 18.4 Å². The molecule has 1 fully saturated rings. The number of rotatable bonds is 5. The van der Waals surface area contributed by atoms with Gasteiger partial charge in [-0.05, 0) is 55.3 Å². The van der Waals surface area contributed by atoms with E-state index < -0.39 is 0 Å². The van der Waals surface area contributed by atoms with Crippen molar-refractivity contribution in [2.45, 2.75) is 12.8 Å². The van der Waals surface area contributed by atoms with E-state index in [1.54, 1.807) is 12.1 Å². The molecule has 136 valence electrons. The molecule has 0 atom stereocenters. The lowest BCUT2D eigenvalue weighted by atomic mass is 10.2. The van der Waals surface area contributed by atoms with Crippen LogP contribution < -0.4 is 15.5 Å². The number of hydrogen-bond donors (Lipinski definition) is 2. The Balaban J connectivity index is 1.50. The maximum Gasteiger partial charge on any atom is 0.251 e. The average Bonchev–Trinajstić information content (AvgIpc) is 3.17. The molecular formula is C19H19Cl2N3O2. The highest BCUT2D eigenvalue weighted by Gasteiger charge is 2.13. The summed E-state index contributed by atoms with van der Waals surface area (Å²) < 4.78 is 0. The second-order valence-corrected chi connectivity index (χ2v) is 6.92. The third kappa shape index (κ3) is 4.68. The maximum absolute atomic E-state index is 12.1. The van der Waals surface area contributed by atoms with Gasteiger partial charge in [0.25, 0.3) is 5.91 Å². The molecule has 0 unspecified atom stereocenters. The molecular weight excluding hydrogens is 373 g/mol. The van der Waals surface area contributed by atoms with Crippen molar-refractivity contribution in [3.8, 4) is 0 Å². The molecule has 0 saturated carbocycles. The molecule has 0 spiro atoms. The van der Waals surface area contributed by atoms with Crippen molar-refractivity contribution in [1.29, 1.82) is 0 Å². The van der Waals surface area contributed by atoms with Crippen molar-refractivity contribution in [2.75, 3.05) is 29.9 Å². The van der Waals surface area contributed by atoms with E-state index >= 15 is 0 Å². The number of benzene rings is 2. The van der Waals surface area contributed by atoms with Gasteiger partial charge in [0, 0.05) is 30.0 Å². The number of anilines is 2. The van der Waals surface area contributed by atoms with E-state index in [1.807, 2.05) is 24.3 Å². The lowest BCUT2D eigenvalue weighted by Crippen LogP contribution is -2.32. The van der Waals surface area contributed by atoms with Crippen LogP contribution in [-0.4, -0.2) is 31.4 Å². The zero-order chi connectivity index (χ0) is 18.5. The first kappa shape index (κ1) is 18.5. The van der Waals surface area contributed by atoms with Gasteiger partial charge in [-0.15, -0.1) is 0 Å². The Labute approximate surface area is 162 Å². The SMILES string of the molecule is O=C(CNC(=O)c1ccc(Cl)c(Cl)c1)Nc1ccc(N2CCCC2)cc1. The first-order valence-electron chi connectivity index (χ1n) is 8.41. The molecule has 0 radical (unpaired) electrons. The monoisotopic (exact) mass is 391 g/mol. The maximum atomic E-state index is 12.1. The third-order valence-corrected chi connectivity index (χ3v) is 4.95. The number of nitrogens with one attached hydrogen (secondary N) is 2. The Morgan fingerprint density at radius 2 is 1.65 bits per heavy atom. The summed E-state index contributed by atoms with van der Waals surface area (Å²) in [5, 5.41) is 6.00. The predicted octanol–water partition coefficient (Wildman–Crippen LogP) is 3.96. The van der Waals surface area contributed by atoms with E-state index in [1.165, 1.54) is 18.9 Å². The van der Waals surface area contributed by atoms with Crippen molar-refractivity contribution >= 4 is 46.4 Å². The zero-order valence-electron chi connectivity index (χ0n) is 14.1. The minimum absolute atomic E-state index is 0.132. The van der Waals surface area contributed by atoms with Crippen LogP contribution in [0.4, 0.5) is 11.4 Å². The predicted molar refractivity (Wildman–Crippen MR) is 105 cm³/mol. The van der Waals surface area contributed by atoms with E-state index in [0.29, 0.717) is 21.3 Å². The van der Waals surface area contributed by atoms with Crippen molar-refractivity contribution in [2.24, 2.45) is 0 Å². The molecule has 1 aliphatic rings. The fraction of sp³-hybridized carbons (Fsp3) is 0.263. The number of carbonyl (C=O) groups excluding carboxylic acids is 2. The number of halogens is 2. The van der Waals surface area contributed by atoms with E-state index in [4.69, 9.17) is 23.2 Å². The fourth-order valence-electron chi connectivity index (χ4n) is 2.84. The molecule has 2 aromatic rings. The summed E-state index contributed by atoms with van der Waals surface area (Å²) in [6.07, 6.45) is 2.44. The molecule has 1 aliphatic heterocycles. The molecule has 5 nitrogen and oxygen atoms in total.